The first-order valence-electron chi connectivity index (χ1n) is 10.6. The van der Waals surface area contributed by atoms with Crippen molar-refractivity contribution in [3.05, 3.63) is 63.4 Å². The number of thiophene rings is 1. The van der Waals surface area contributed by atoms with Crippen LogP contribution in [0.5, 0.6) is 5.75 Å². The van der Waals surface area contributed by atoms with E-state index in [4.69, 9.17) is 9.73 Å². The lowest BCUT2D eigenvalue weighted by Crippen LogP contribution is -2.37. The van der Waals surface area contributed by atoms with Crippen LogP contribution in [0.1, 0.15) is 47.9 Å². The molecule has 174 valence electrons. The molecule has 2 heterocycles. The van der Waals surface area contributed by atoms with Gasteiger partial charge in [0.1, 0.15) is 11.6 Å². The maximum Gasteiger partial charge on any atom is 0.192 e. The summed E-state index contributed by atoms with van der Waals surface area (Å²) >= 11 is 1.72. The summed E-state index contributed by atoms with van der Waals surface area (Å²) in [5.74, 6) is 3.37. The third-order valence-corrected chi connectivity index (χ3v) is 6.02. The Hall–Kier alpha value is -2.14. The van der Waals surface area contributed by atoms with E-state index in [1.54, 1.807) is 11.3 Å². The first kappa shape index (κ1) is 26.1. The number of halogens is 1. The van der Waals surface area contributed by atoms with Gasteiger partial charge >= 0.3 is 0 Å². The van der Waals surface area contributed by atoms with Crippen molar-refractivity contribution in [2.24, 2.45) is 12.0 Å². The predicted octanol–water partition coefficient (Wildman–Crippen LogP) is 4.72. The smallest absolute Gasteiger partial charge is 0.192 e. The van der Waals surface area contributed by atoms with Crippen molar-refractivity contribution in [3.63, 3.8) is 0 Å². The fourth-order valence-corrected chi connectivity index (χ4v) is 3.54. The molecule has 0 aliphatic carbocycles. The molecule has 0 saturated heterocycles. The molecule has 1 unspecified atom stereocenters. The van der Waals surface area contributed by atoms with Gasteiger partial charge < -0.3 is 19.9 Å². The highest BCUT2D eigenvalue weighted by molar-refractivity contribution is 14.0. The fraction of sp³-hybridized carbons (Fsp3) is 0.435. The fourth-order valence-electron chi connectivity index (χ4n) is 2.89. The van der Waals surface area contributed by atoms with Gasteiger partial charge in [-0.25, -0.2) is 4.99 Å². The number of aliphatic imine (C=N–C) groups is 1. The third-order valence-electron chi connectivity index (χ3n) is 5.14. The van der Waals surface area contributed by atoms with E-state index in [0.717, 1.165) is 35.3 Å². The van der Waals surface area contributed by atoms with Crippen LogP contribution in [0.4, 0.5) is 0 Å². The van der Waals surface area contributed by atoms with Crippen molar-refractivity contribution in [1.29, 1.82) is 0 Å². The van der Waals surface area contributed by atoms with E-state index in [-0.39, 0.29) is 30.1 Å². The standard InChI is InChI=1S/C23H32N6OS.HI/c1-6-17(3)30-21-12-16(2)9-10-19(21)13-24-23(25-14-20-8-7-11-31-20)26-15-22-28-27-18(4)29(22)5;/h7-12,17H,6,13-15H2,1-5H3,(H2,24,25,26);1H. The van der Waals surface area contributed by atoms with Crippen molar-refractivity contribution < 1.29 is 4.74 Å². The molecule has 0 radical (unpaired) electrons. The largest absolute Gasteiger partial charge is 0.490 e. The number of nitrogens with one attached hydrogen (secondary N) is 2. The zero-order valence-corrected chi connectivity index (χ0v) is 22.5. The number of nitrogens with zero attached hydrogens (tertiary/aromatic N) is 4. The Morgan fingerprint density at radius 3 is 2.62 bits per heavy atom. The second kappa shape index (κ2) is 12.8. The van der Waals surface area contributed by atoms with Crippen molar-refractivity contribution >= 4 is 41.3 Å². The van der Waals surface area contributed by atoms with Crippen LogP contribution in [-0.4, -0.2) is 26.8 Å². The van der Waals surface area contributed by atoms with E-state index in [1.165, 1.54) is 10.4 Å². The zero-order valence-electron chi connectivity index (χ0n) is 19.4. The van der Waals surface area contributed by atoms with Gasteiger partial charge in [0.25, 0.3) is 0 Å². The number of benzene rings is 1. The molecule has 2 N–H and O–H groups in total. The third kappa shape index (κ3) is 7.47. The van der Waals surface area contributed by atoms with Crippen molar-refractivity contribution in [1.82, 2.24) is 25.4 Å². The summed E-state index contributed by atoms with van der Waals surface area (Å²) in [6.07, 6.45) is 1.13. The van der Waals surface area contributed by atoms with Crippen LogP contribution in [0.15, 0.2) is 40.7 Å². The number of guanidine groups is 1. The molecule has 7 nitrogen and oxygen atoms in total. The van der Waals surface area contributed by atoms with Gasteiger partial charge in [0.15, 0.2) is 11.8 Å². The molecule has 2 aromatic heterocycles. The zero-order chi connectivity index (χ0) is 22.2. The summed E-state index contributed by atoms with van der Waals surface area (Å²) in [5, 5.41) is 17.2. The Balaban J connectivity index is 0.00000363. The van der Waals surface area contributed by atoms with Gasteiger partial charge in [0, 0.05) is 17.5 Å². The lowest BCUT2D eigenvalue weighted by atomic mass is 10.1. The molecule has 9 heteroatoms. The quantitative estimate of drug-likeness (QED) is 0.222. The Bertz CT molecular complexity index is 1000. The number of aryl methyl sites for hydroxylation is 2. The molecule has 0 aliphatic heterocycles. The highest BCUT2D eigenvalue weighted by Gasteiger charge is 2.10. The van der Waals surface area contributed by atoms with Gasteiger partial charge in [-0.1, -0.05) is 25.1 Å². The van der Waals surface area contributed by atoms with Crippen LogP contribution in [-0.2, 0) is 26.7 Å². The summed E-state index contributed by atoms with van der Waals surface area (Å²) in [4.78, 5) is 6.08. The molecule has 3 aromatic rings. The van der Waals surface area contributed by atoms with Gasteiger partial charge in [-0.2, -0.15) is 0 Å². The number of ether oxygens (including phenoxy) is 1. The van der Waals surface area contributed by atoms with Crippen LogP contribution in [0, 0.1) is 13.8 Å². The van der Waals surface area contributed by atoms with Crippen molar-refractivity contribution in [2.45, 2.75) is 59.9 Å². The lowest BCUT2D eigenvalue weighted by molar-refractivity contribution is 0.215. The molecule has 1 aromatic carbocycles. The number of aromatic nitrogens is 3. The molecule has 0 bridgehead atoms. The molecule has 32 heavy (non-hydrogen) atoms. The van der Waals surface area contributed by atoms with Gasteiger partial charge in [-0.05, 0) is 50.3 Å². The Labute approximate surface area is 211 Å². The van der Waals surface area contributed by atoms with Crippen LogP contribution in [0.3, 0.4) is 0 Å². The molecule has 1 atom stereocenters. The van der Waals surface area contributed by atoms with Crippen LogP contribution in [0.25, 0.3) is 0 Å². The summed E-state index contributed by atoms with van der Waals surface area (Å²) in [6, 6.07) is 10.5. The first-order valence-corrected chi connectivity index (χ1v) is 11.5. The predicted molar refractivity (Wildman–Crippen MR) is 142 cm³/mol. The minimum Gasteiger partial charge on any atom is -0.490 e. The molecule has 0 saturated carbocycles. The maximum absolute atomic E-state index is 6.14. The van der Waals surface area contributed by atoms with Gasteiger partial charge in [0.05, 0.1) is 25.7 Å². The van der Waals surface area contributed by atoms with Crippen molar-refractivity contribution in [2.75, 3.05) is 0 Å². The average Bonchev–Trinajstić information content (AvgIpc) is 3.39. The van der Waals surface area contributed by atoms with E-state index in [2.05, 4.69) is 77.3 Å². The topological polar surface area (TPSA) is 76.4 Å². The van der Waals surface area contributed by atoms with E-state index in [9.17, 15) is 0 Å². The molecule has 0 fully saturated rings. The van der Waals surface area contributed by atoms with Crippen molar-refractivity contribution in [3.8, 4) is 5.75 Å². The minimum atomic E-state index is 0. The number of hydrogen-bond acceptors (Lipinski definition) is 5. The normalized spacial score (nSPS) is 12.2. The maximum atomic E-state index is 6.14. The van der Waals surface area contributed by atoms with E-state index in [1.807, 2.05) is 18.5 Å². The summed E-state index contributed by atoms with van der Waals surface area (Å²) < 4.78 is 8.12. The van der Waals surface area contributed by atoms with Gasteiger partial charge in [-0.3, -0.25) is 0 Å². The summed E-state index contributed by atoms with van der Waals surface area (Å²) in [6.45, 7) is 10.0. The minimum absolute atomic E-state index is 0. The molecule has 0 aliphatic rings. The van der Waals surface area contributed by atoms with E-state index >= 15 is 0 Å². The highest BCUT2D eigenvalue weighted by atomic mass is 127. The average molecular weight is 569 g/mol. The monoisotopic (exact) mass is 568 g/mol. The Kier molecular flexibility index (Phi) is 10.4. The molecular formula is C23H33IN6OS. The molecule has 3 rings (SSSR count). The molecule has 0 amide bonds. The SMILES string of the molecule is CCC(C)Oc1cc(C)ccc1CN=C(NCc1cccs1)NCc1nnc(C)n1C.I. The lowest BCUT2D eigenvalue weighted by Gasteiger charge is -2.17. The van der Waals surface area contributed by atoms with Gasteiger partial charge in [-0.15, -0.1) is 45.5 Å². The molecular weight excluding hydrogens is 535 g/mol. The Morgan fingerprint density at radius 1 is 1.19 bits per heavy atom. The van der Waals surface area contributed by atoms with E-state index < -0.39 is 0 Å². The molecule has 0 spiro atoms. The second-order valence-corrected chi connectivity index (χ2v) is 8.65. The van der Waals surface area contributed by atoms with Crippen LogP contribution < -0.4 is 15.4 Å². The number of rotatable bonds is 9. The summed E-state index contributed by atoms with van der Waals surface area (Å²) in [7, 11) is 1.97. The van der Waals surface area contributed by atoms with Gasteiger partial charge in [0.2, 0.25) is 0 Å². The highest BCUT2D eigenvalue weighted by Crippen LogP contribution is 2.23. The van der Waals surface area contributed by atoms with E-state index in [0.29, 0.717) is 19.6 Å². The number of hydrogen-bond donors (Lipinski definition) is 2. The first-order chi connectivity index (χ1) is 15.0. The van der Waals surface area contributed by atoms with Crippen LogP contribution >= 0.6 is 35.3 Å². The van der Waals surface area contributed by atoms with Crippen LogP contribution in [0.2, 0.25) is 0 Å². The Morgan fingerprint density at radius 2 is 1.97 bits per heavy atom. The summed E-state index contributed by atoms with van der Waals surface area (Å²) in [5.41, 5.74) is 2.25. The second-order valence-electron chi connectivity index (χ2n) is 7.62.